The Bertz CT molecular complexity index is 773. The molecule has 1 saturated carbocycles. The van der Waals surface area contributed by atoms with Crippen molar-refractivity contribution >= 4 is 17.7 Å². The molecule has 1 heterocycles. The first-order chi connectivity index (χ1) is 11.6. The maximum absolute atomic E-state index is 11.9. The third-order valence-electron chi connectivity index (χ3n) is 4.31. The average Bonchev–Trinajstić information content (AvgIpc) is 3.33. The highest BCUT2D eigenvalue weighted by molar-refractivity contribution is 5.91. The summed E-state index contributed by atoms with van der Waals surface area (Å²) in [6, 6.07) is 11.5. The van der Waals surface area contributed by atoms with E-state index in [2.05, 4.69) is 10.3 Å². The van der Waals surface area contributed by atoms with Crippen molar-refractivity contribution in [3.05, 3.63) is 59.3 Å². The highest BCUT2D eigenvalue weighted by atomic mass is 16.5. The van der Waals surface area contributed by atoms with Crippen LogP contribution in [-0.2, 0) is 16.0 Å². The number of methoxy groups -OCH3 is 1. The number of amides is 1. The maximum atomic E-state index is 11.9. The number of aromatic nitrogens is 1. The number of anilines is 1. The number of nitrogens with one attached hydrogen (secondary N) is 1. The lowest BCUT2D eigenvalue weighted by Crippen LogP contribution is -2.08. The van der Waals surface area contributed by atoms with Crippen LogP contribution in [0.3, 0.4) is 0 Å². The summed E-state index contributed by atoms with van der Waals surface area (Å²) in [7, 11) is 1.41. The summed E-state index contributed by atoms with van der Waals surface area (Å²) in [4.78, 5) is 27.2. The minimum absolute atomic E-state index is 0.129. The Labute approximate surface area is 141 Å². The Kier molecular flexibility index (Phi) is 4.60. The molecule has 2 aromatic rings. The van der Waals surface area contributed by atoms with Crippen LogP contribution in [0.15, 0.2) is 42.6 Å². The van der Waals surface area contributed by atoms with Gasteiger partial charge >= 0.3 is 5.97 Å². The predicted octanol–water partition coefficient (Wildman–Crippen LogP) is 3.17. The number of benzene rings is 1. The van der Waals surface area contributed by atoms with Crippen LogP contribution in [0.4, 0.5) is 5.82 Å². The number of nitrogens with zero attached hydrogens (tertiary/aromatic N) is 1. The normalized spacial score (nSPS) is 18.8. The fourth-order valence-corrected chi connectivity index (χ4v) is 3.12. The number of hydrogen-bond donors (Lipinski definition) is 1. The summed E-state index contributed by atoms with van der Waals surface area (Å²) >= 11 is 0. The van der Waals surface area contributed by atoms with Crippen molar-refractivity contribution in [3.8, 4) is 0 Å². The first-order valence-corrected chi connectivity index (χ1v) is 7.98. The Morgan fingerprint density at radius 3 is 2.83 bits per heavy atom. The van der Waals surface area contributed by atoms with E-state index >= 15 is 0 Å². The number of pyridine rings is 1. The topological polar surface area (TPSA) is 68.3 Å². The summed E-state index contributed by atoms with van der Waals surface area (Å²) in [5.74, 6) is 1.03. The molecule has 3 rings (SSSR count). The van der Waals surface area contributed by atoms with Crippen LogP contribution in [0.25, 0.3) is 0 Å². The summed E-state index contributed by atoms with van der Waals surface area (Å²) in [5, 5.41) is 2.70. The van der Waals surface area contributed by atoms with Gasteiger partial charge < -0.3 is 10.1 Å². The smallest absolute Gasteiger partial charge is 0.338 e. The molecule has 1 aliphatic carbocycles. The molecule has 0 bridgehead atoms. The summed E-state index contributed by atoms with van der Waals surface area (Å²) in [5.41, 5.74) is 2.85. The van der Waals surface area contributed by atoms with Crippen molar-refractivity contribution in [2.45, 2.75) is 25.7 Å². The van der Waals surface area contributed by atoms with E-state index in [0.29, 0.717) is 23.2 Å². The number of ether oxygens (including phenoxy) is 1. The van der Waals surface area contributed by atoms with E-state index in [4.69, 9.17) is 4.74 Å². The highest BCUT2D eigenvalue weighted by Gasteiger charge is 2.40. The van der Waals surface area contributed by atoms with Crippen molar-refractivity contribution in [1.29, 1.82) is 0 Å². The van der Waals surface area contributed by atoms with Crippen LogP contribution in [0, 0.1) is 5.92 Å². The summed E-state index contributed by atoms with van der Waals surface area (Å²) in [6.45, 7) is 1.47. The second-order valence-corrected chi connectivity index (χ2v) is 6.12. The number of carbonyl (C=O) groups is 2. The molecule has 1 unspecified atom stereocenters. The fourth-order valence-electron chi connectivity index (χ4n) is 3.12. The molecule has 5 heteroatoms. The van der Waals surface area contributed by atoms with Crippen molar-refractivity contribution in [1.82, 2.24) is 4.98 Å². The molecule has 1 amide bonds. The highest BCUT2D eigenvalue weighted by Crippen LogP contribution is 2.50. The summed E-state index contributed by atoms with van der Waals surface area (Å²) < 4.78 is 4.87. The molecule has 0 radical (unpaired) electrons. The molecule has 1 fully saturated rings. The number of hydrogen-bond acceptors (Lipinski definition) is 4. The van der Waals surface area contributed by atoms with Gasteiger partial charge in [-0.05, 0) is 54.0 Å². The molecule has 0 saturated heterocycles. The molecule has 24 heavy (non-hydrogen) atoms. The Morgan fingerprint density at radius 2 is 2.08 bits per heavy atom. The van der Waals surface area contributed by atoms with E-state index in [1.807, 2.05) is 36.4 Å². The quantitative estimate of drug-likeness (QED) is 0.858. The molecule has 0 spiro atoms. The third kappa shape index (κ3) is 3.62. The Morgan fingerprint density at radius 1 is 1.29 bits per heavy atom. The molecule has 2 atom stereocenters. The van der Waals surface area contributed by atoms with Crippen LogP contribution in [0.1, 0.15) is 40.7 Å². The lowest BCUT2D eigenvalue weighted by atomic mass is 10.00. The van der Waals surface area contributed by atoms with Gasteiger partial charge in [0, 0.05) is 13.1 Å². The first-order valence-electron chi connectivity index (χ1n) is 7.98. The first kappa shape index (κ1) is 16.2. The minimum Gasteiger partial charge on any atom is -0.465 e. The molecule has 1 N–H and O–H groups in total. The van der Waals surface area contributed by atoms with Gasteiger partial charge in [-0.1, -0.05) is 18.2 Å². The van der Waals surface area contributed by atoms with Gasteiger partial charge in [0.2, 0.25) is 5.91 Å². The molecule has 5 nitrogen and oxygen atoms in total. The van der Waals surface area contributed by atoms with Crippen molar-refractivity contribution in [3.63, 3.8) is 0 Å². The molecule has 1 aromatic heterocycles. The Balaban J connectivity index is 1.71. The van der Waals surface area contributed by atoms with Gasteiger partial charge in [0.15, 0.2) is 0 Å². The van der Waals surface area contributed by atoms with E-state index in [9.17, 15) is 9.59 Å². The van der Waals surface area contributed by atoms with Crippen LogP contribution in [0.5, 0.6) is 0 Å². The van der Waals surface area contributed by atoms with Crippen molar-refractivity contribution in [2.24, 2.45) is 5.92 Å². The SMILES string of the molecule is COC(=O)c1ccccc1C1C[C@H]1Cc1ccnc(NC(C)=O)c1. The zero-order valence-electron chi connectivity index (χ0n) is 13.8. The molecular formula is C19H20N2O3. The van der Waals surface area contributed by atoms with Crippen LogP contribution in [-0.4, -0.2) is 24.0 Å². The number of esters is 1. The van der Waals surface area contributed by atoms with Crippen LogP contribution >= 0.6 is 0 Å². The lowest BCUT2D eigenvalue weighted by molar-refractivity contribution is -0.114. The van der Waals surface area contributed by atoms with Gasteiger partial charge in [0.25, 0.3) is 0 Å². The molecule has 124 valence electrons. The van der Waals surface area contributed by atoms with Crippen molar-refractivity contribution in [2.75, 3.05) is 12.4 Å². The van der Waals surface area contributed by atoms with Crippen LogP contribution < -0.4 is 5.32 Å². The fraction of sp³-hybridized carbons (Fsp3) is 0.316. The zero-order valence-corrected chi connectivity index (χ0v) is 13.8. The van der Waals surface area contributed by atoms with Gasteiger partial charge in [0.1, 0.15) is 5.82 Å². The molecule has 1 aliphatic rings. The largest absolute Gasteiger partial charge is 0.465 e. The summed E-state index contributed by atoms with van der Waals surface area (Å²) in [6.07, 6.45) is 3.65. The number of carbonyl (C=O) groups excluding carboxylic acids is 2. The molecule has 0 aliphatic heterocycles. The van der Waals surface area contributed by atoms with Crippen LogP contribution in [0.2, 0.25) is 0 Å². The van der Waals surface area contributed by atoms with E-state index in [0.717, 1.165) is 24.0 Å². The van der Waals surface area contributed by atoms with Gasteiger partial charge in [-0.25, -0.2) is 9.78 Å². The van der Waals surface area contributed by atoms with E-state index in [1.54, 1.807) is 6.20 Å². The van der Waals surface area contributed by atoms with Gasteiger partial charge in [-0.15, -0.1) is 0 Å². The monoisotopic (exact) mass is 324 g/mol. The van der Waals surface area contributed by atoms with E-state index in [1.165, 1.54) is 14.0 Å². The zero-order chi connectivity index (χ0) is 17.1. The second-order valence-electron chi connectivity index (χ2n) is 6.12. The number of rotatable bonds is 5. The minimum atomic E-state index is -0.284. The maximum Gasteiger partial charge on any atom is 0.338 e. The average molecular weight is 324 g/mol. The predicted molar refractivity (Wildman–Crippen MR) is 90.9 cm³/mol. The molecule has 1 aromatic carbocycles. The van der Waals surface area contributed by atoms with Crippen molar-refractivity contribution < 1.29 is 14.3 Å². The van der Waals surface area contributed by atoms with Gasteiger partial charge in [-0.2, -0.15) is 0 Å². The van der Waals surface area contributed by atoms with Gasteiger partial charge in [0.05, 0.1) is 12.7 Å². The Hall–Kier alpha value is -2.69. The van der Waals surface area contributed by atoms with Gasteiger partial charge in [-0.3, -0.25) is 4.79 Å². The second kappa shape index (κ2) is 6.83. The third-order valence-corrected chi connectivity index (χ3v) is 4.31. The standard InChI is InChI=1S/C19H20N2O3/c1-12(22)21-18-10-13(7-8-20-18)9-14-11-17(14)15-5-3-4-6-16(15)19(23)24-2/h3-8,10,14,17H,9,11H2,1-2H3,(H,20,21,22)/t14-,17?/m1/s1. The lowest BCUT2D eigenvalue weighted by Gasteiger charge is -2.08. The van der Waals surface area contributed by atoms with E-state index in [-0.39, 0.29) is 11.9 Å². The van der Waals surface area contributed by atoms with E-state index < -0.39 is 0 Å². The molecular weight excluding hydrogens is 304 g/mol.